The number of hydrogen-bond donors (Lipinski definition) is 2. The molecule has 1 aliphatic carbocycles. The summed E-state index contributed by atoms with van der Waals surface area (Å²) < 4.78 is 0. The van der Waals surface area contributed by atoms with Crippen molar-refractivity contribution in [3.8, 4) is 6.07 Å². The summed E-state index contributed by atoms with van der Waals surface area (Å²) >= 11 is 0. The topological polar surface area (TPSA) is 93.4 Å². The lowest BCUT2D eigenvalue weighted by atomic mass is 9.94. The quantitative estimate of drug-likeness (QED) is 0.386. The zero-order chi connectivity index (χ0) is 17.1. The molecular formula is C17H27N3O3. The smallest absolute Gasteiger partial charge is 0.303 e. The molecule has 0 saturated heterocycles. The second kappa shape index (κ2) is 10.7. The Morgan fingerprint density at radius 2 is 1.96 bits per heavy atom. The number of nitrogens with one attached hydrogen (secondary N) is 1. The van der Waals surface area contributed by atoms with Crippen LogP contribution in [0.4, 0.5) is 0 Å². The van der Waals surface area contributed by atoms with E-state index >= 15 is 0 Å². The molecule has 1 rings (SSSR count). The fourth-order valence-corrected chi connectivity index (χ4v) is 2.81. The third kappa shape index (κ3) is 7.68. The minimum atomic E-state index is -0.797. The largest absolute Gasteiger partial charge is 0.481 e. The van der Waals surface area contributed by atoms with Crippen LogP contribution < -0.4 is 5.32 Å². The number of carboxylic acids is 1. The van der Waals surface area contributed by atoms with Gasteiger partial charge in [0.1, 0.15) is 11.6 Å². The maximum absolute atomic E-state index is 12.0. The van der Waals surface area contributed by atoms with Gasteiger partial charge in [-0.3, -0.25) is 9.59 Å². The van der Waals surface area contributed by atoms with Gasteiger partial charge in [-0.2, -0.15) is 5.26 Å². The van der Waals surface area contributed by atoms with Crippen LogP contribution in [0, 0.1) is 11.3 Å². The van der Waals surface area contributed by atoms with Gasteiger partial charge in [0, 0.05) is 32.3 Å². The predicted octanol–water partition coefficient (Wildman–Crippen LogP) is 2.42. The van der Waals surface area contributed by atoms with Crippen molar-refractivity contribution in [3.63, 3.8) is 0 Å². The van der Waals surface area contributed by atoms with E-state index in [2.05, 4.69) is 5.32 Å². The maximum Gasteiger partial charge on any atom is 0.303 e. The number of nitriles is 1. The highest BCUT2D eigenvalue weighted by atomic mass is 16.4. The summed E-state index contributed by atoms with van der Waals surface area (Å²) in [6, 6.07) is 2.38. The Labute approximate surface area is 138 Å². The Kier molecular flexibility index (Phi) is 8.81. The van der Waals surface area contributed by atoms with Crippen molar-refractivity contribution in [1.29, 1.82) is 5.26 Å². The molecule has 0 bridgehead atoms. The number of rotatable bonds is 9. The fourth-order valence-electron chi connectivity index (χ4n) is 2.81. The van der Waals surface area contributed by atoms with Crippen LogP contribution in [0.5, 0.6) is 0 Å². The van der Waals surface area contributed by atoms with E-state index in [1.54, 1.807) is 6.20 Å². The third-order valence-electron chi connectivity index (χ3n) is 4.20. The van der Waals surface area contributed by atoms with Gasteiger partial charge >= 0.3 is 5.97 Å². The summed E-state index contributed by atoms with van der Waals surface area (Å²) in [5.74, 6) is -1.15. The molecule has 6 nitrogen and oxygen atoms in total. The standard InChI is InChI=1S/C17H27N3O3/c1-20(15-8-4-2-5-9-15)13-14(12-18)17(23)19-11-7-3-6-10-16(21)22/h13,15H,2-11H2,1H3,(H,19,23)(H,21,22)/b14-13-. The van der Waals surface area contributed by atoms with Gasteiger partial charge in [0.05, 0.1) is 0 Å². The van der Waals surface area contributed by atoms with Crippen LogP contribution in [0.2, 0.25) is 0 Å². The first-order chi connectivity index (χ1) is 11.0. The average molecular weight is 321 g/mol. The van der Waals surface area contributed by atoms with Gasteiger partial charge in [-0.25, -0.2) is 0 Å². The van der Waals surface area contributed by atoms with Crippen molar-refractivity contribution in [3.05, 3.63) is 11.8 Å². The van der Waals surface area contributed by atoms with Gasteiger partial charge in [-0.1, -0.05) is 25.7 Å². The summed E-state index contributed by atoms with van der Waals surface area (Å²) in [5, 5.41) is 20.4. The Morgan fingerprint density at radius 1 is 1.26 bits per heavy atom. The second-order valence-corrected chi connectivity index (χ2v) is 6.07. The highest BCUT2D eigenvalue weighted by molar-refractivity contribution is 5.97. The van der Waals surface area contributed by atoms with Crippen LogP contribution in [0.1, 0.15) is 57.8 Å². The van der Waals surface area contributed by atoms with Gasteiger partial charge in [0.2, 0.25) is 0 Å². The molecule has 128 valence electrons. The molecule has 1 aliphatic rings. The molecule has 0 heterocycles. The highest BCUT2D eigenvalue weighted by Crippen LogP contribution is 2.22. The minimum Gasteiger partial charge on any atom is -0.481 e. The van der Waals surface area contributed by atoms with Gasteiger partial charge < -0.3 is 15.3 Å². The summed E-state index contributed by atoms with van der Waals surface area (Å²) in [7, 11) is 1.92. The van der Waals surface area contributed by atoms with Crippen LogP contribution in [-0.4, -0.2) is 41.5 Å². The molecule has 0 aromatic rings. The molecule has 6 heteroatoms. The zero-order valence-electron chi connectivity index (χ0n) is 13.9. The van der Waals surface area contributed by atoms with Gasteiger partial charge in [0.25, 0.3) is 5.91 Å². The van der Waals surface area contributed by atoms with Crippen LogP contribution in [-0.2, 0) is 9.59 Å². The van der Waals surface area contributed by atoms with Crippen molar-refractivity contribution < 1.29 is 14.7 Å². The molecule has 0 radical (unpaired) electrons. The molecule has 0 unspecified atom stereocenters. The minimum absolute atomic E-state index is 0.128. The first-order valence-electron chi connectivity index (χ1n) is 8.38. The van der Waals surface area contributed by atoms with E-state index in [1.165, 1.54) is 19.3 Å². The SMILES string of the molecule is CN(/C=C(/C#N)C(=O)NCCCCCC(=O)O)C1CCCCC1. The van der Waals surface area contributed by atoms with E-state index in [1.807, 2.05) is 18.0 Å². The maximum atomic E-state index is 12.0. The van der Waals surface area contributed by atoms with Crippen molar-refractivity contribution in [1.82, 2.24) is 10.2 Å². The number of nitrogens with zero attached hydrogens (tertiary/aromatic N) is 2. The van der Waals surface area contributed by atoms with Gasteiger partial charge in [-0.05, 0) is 25.7 Å². The molecular weight excluding hydrogens is 294 g/mol. The monoisotopic (exact) mass is 321 g/mol. The molecule has 1 fully saturated rings. The Bertz CT molecular complexity index is 462. The lowest BCUT2D eigenvalue weighted by molar-refractivity contribution is -0.137. The van der Waals surface area contributed by atoms with Crippen molar-refractivity contribution in [2.45, 2.75) is 63.8 Å². The molecule has 1 saturated carbocycles. The number of unbranched alkanes of at least 4 members (excludes halogenated alkanes) is 2. The molecule has 0 aromatic heterocycles. The summed E-state index contributed by atoms with van der Waals surface area (Å²) in [4.78, 5) is 24.4. The highest BCUT2D eigenvalue weighted by Gasteiger charge is 2.18. The molecule has 0 spiro atoms. The fraction of sp³-hybridized carbons (Fsp3) is 0.706. The van der Waals surface area contributed by atoms with Crippen molar-refractivity contribution in [2.24, 2.45) is 0 Å². The first kappa shape index (κ1) is 19.0. The number of hydrogen-bond acceptors (Lipinski definition) is 4. The average Bonchev–Trinajstić information content (AvgIpc) is 2.55. The Balaban J connectivity index is 2.34. The number of carboxylic acid groups (broad SMARTS) is 1. The summed E-state index contributed by atoms with van der Waals surface area (Å²) in [6.07, 6.45) is 9.77. The van der Waals surface area contributed by atoms with Crippen molar-refractivity contribution in [2.75, 3.05) is 13.6 Å². The van der Waals surface area contributed by atoms with E-state index in [9.17, 15) is 14.9 Å². The molecule has 23 heavy (non-hydrogen) atoms. The third-order valence-corrected chi connectivity index (χ3v) is 4.20. The lowest BCUT2D eigenvalue weighted by Crippen LogP contribution is -2.32. The van der Waals surface area contributed by atoms with E-state index in [0.29, 0.717) is 19.0 Å². The first-order valence-corrected chi connectivity index (χ1v) is 8.38. The van der Waals surface area contributed by atoms with Gasteiger partial charge in [-0.15, -0.1) is 0 Å². The lowest BCUT2D eigenvalue weighted by Gasteiger charge is -2.30. The number of aliphatic carboxylic acids is 1. The number of carbonyl (C=O) groups is 2. The molecule has 0 aromatic carbocycles. The predicted molar refractivity (Wildman–Crippen MR) is 87.4 cm³/mol. The van der Waals surface area contributed by atoms with Crippen LogP contribution in [0.25, 0.3) is 0 Å². The summed E-state index contributed by atoms with van der Waals surface area (Å²) in [5.41, 5.74) is 0.128. The Hall–Kier alpha value is -2.03. The van der Waals surface area contributed by atoms with E-state index in [0.717, 1.165) is 25.7 Å². The van der Waals surface area contributed by atoms with Crippen molar-refractivity contribution >= 4 is 11.9 Å². The van der Waals surface area contributed by atoms with Gasteiger partial charge in [0.15, 0.2) is 0 Å². The Morgan fingerprint density at radius 3 is 2.57 bits per heavy atom. The van der Waals surface area contributed by atoms with E-state index in [-0.39, 0.29) is 17.9 Å². The van der Waals surface area contributed by atoms with E-state index in [4.69, 9.17) is 5.11 Å². The molecule has 0 aliphatic heterocycles. The number of carbonyl (C=O) groups excluding carboxylic acids is 1. The normalized spacial score (nSPS) is 15.7. The number of amides is 1. The molecule has 0 atom stereocenters. The molecule has 2 N–H and O–H groups in total. The van der Waals surface area contributed by atoms with Crippen LogP contribution in [0.15, 0.2) is 11.8 Å². The molecule has 1 amide bonds. The zero-order valence-corrected chi connectivity index (χ0v) is 13.9. The second-order valence-electron chi connectivity index (χ2n) is 6.07. The van der Waals surface area contributed by atoms with Crippen LogP contribution in [0.3, 0.4) is 0 Å². The van der Waals surface area contributed by atoms with E-state index < -0.39 is 5.97 Å². The summed E-state index contributed by atoms with van der Waals surface area (Å²) in [6.45, 7) is 0.463. The van der Waals surface area contributed by atoms with Crippen LogP contribution >= 0.6 is 0 Å².